The Morgan fingerprint density at radius 1 is 1.19 bits per heavy atom. The van der Waals surface area contributed by atoms with Gasteiger partial charge in [0.25, 0.3) is 5.91 Å². The highest BCUT2D eigenvalue weighted by Gasteiger charge is 2.27. The van der Waals surface area contributed by atoms with Crippen molar-refractivity contribution >= 4 is 23.2 Å². The summed E-state index contributed by atoms with van der Waals surface area (Å²) in [6.07, 6.45) is 2.04. The Kier molecular flexibility index (Phi) is 5.36. The molecule has 1 N–H and O–H groups in total. The van der Waals surface area contributed by atoms with Crippen molar-refractivity contribution in [2.75, 3.05) is 14.1 Å². The molecular formula is C19H20F2N2O2S. The predicted octanol–water partition coefficient (Wildman–Crippen LogP) is 3.15. The minimum Gasteiger partial charge on any atom is -0.352 e. The lowest BCUT2D eigenvalue weighted by molar-refractivity contribution is -0.125. The van der Waals surface area contributed by atoms with Crippen LogP contribution in [0.2, 0.25) is 0 Å². The highest BCUT2D eigenvalue weighted by atomic mass is 32.1. The lowest BCUT2D eigenvalue weighted by Gasteiger charge is -2.21. The average Bonchev–Trinajstić information content (AvgIpc) is 3.01. The van der Waals surface area contributed by atoms with E-state index in [1.807, 2.05) is 6.07 Å². The number of thiophene rings is 1. The number of benzene rings is 1. The summed E-state index contributed by atoms with van der Waals surface area (Å²) < 4.78 is 26.4. The number of halogens is 2. The lowest BCUT2D eigenvalue weighted by atomic mass is 9.87. The predicted molar refractivity (Wildman–Crippen MR) is 96.1 cm³/mol. The number of amides is 2. The minimum absolute atomic E-state index is 0.0291. The number of carbonyl (C=O) groups is 2. The van der Waals surface area contributed by atoms with Gasteiger partial charge in [0.2, 0.25) is 5.91 Å². The van der Waals surface area contributed by atoms with Crippen molar-refractivity contribution in [3.8, 4) is 0 Å². The zero-order valence-corrected chi connectivity index (χ0v) is 15.5. The Balaban J connectivity index is 1.63. The van der Waals surface area contributed by atoms with Crippen LogP contribution in [0.3, 0.4) is 0 Å². The quantitative estimate of drug-likeness (QED) is 0.889. The number of fused-ring (bicyclic) bond motifs is 1. The molecule has 2 aromatic rings. The third-order valence-electron chi connectivity index (χ3n) is 4.46. The van der Waals surface area contributed by atoms with Crippen LogP contribution in [0.5, 0.6) is 0 Å². The molecule has 0 saturated heterocycles. The van der Waals surface area contributed by atoms with Crippen LogP contribution in [0.1, 0.15) is 32.1 Å². The minimum atomic E-state index is -0.659. The monoisotopic (exact) mass is 378 g/mol. The van der Waals surface area contributed by atoms with Crippen LogP contribution in [0.15, 0.2) is 24.3 Å². The molecule has 0 aliphatic heterocycles. The molecule has 1 aliphatic carbocycles. The summed E-state index contributed by atoms with van der Waals surface area (Å²) in [5.74, 6) is -1.68. The van der Waals surface area contributed by atoms with Crippen LogP contribution in [0.25, 0.3) is 0 Å². The molecule has 0 radical (unpaired) electrons. The number of nitrogens with one attached hydrogen (secondary N) is 1. The fraction of sp³-hybridized carbons (Fsp3) is 0.368. The standard InChI is InChI=1S/C19H20F2N2O2S/c1-23(2)19(25)17-8-13-7-12(3-4-16(13)26-17)18(24)22-10-11-5-14(20)9-15(21)6-11/h5-6,8-9,12H,3-4,7,10H2,1-2H3,(H,22,24)/t12-/m0/s1. The molecule has 0 fully saturated rings. The van der Waals surface area contributed by atoms with Gasteiger partial charge in [0.1, 0.15) is 11.6 Å². The summed E-state index contributed by atoms with van der Waals surface area (Å²) in [5.41, 5.74) is 1.44. The van der Waals surface area contributed by atoms with Crippen molar-refractivity contribution in [3.63, 3.8) is 0 Å². The second kappa shape index (κ2) is 7.53. The third-order valence-corrected chi connectivity index (χ3v) is 5.68. The van der Waals surface area contributed by atoms with E-state index in [9.17, 15) is 18.4 Å². The first-order valence-electron chi connectivity index (χ1n) is 8.39. The molecule has 0 spiro atoms. The second-order valence-electron chi connectivity index (χ2n) is 6.69. The smallest absolute Gasteiger partial charge is 0.263 e. The summed E-state index contributed by atoms with van der Waals surface area (Å²) in [6.45, 7) is 0.0882. The van der Waals surface area contributed by atoms with Crippen LogP contribution < -0.4 is 5.32 Å². The maximum absolute atomic E-state index is 13.2. The van der Waals surface area contributed by atoms with Crippen LogP contribution in [0, 0.1) is 17.6 Å². The zero-order valence-electron chi connectivity index (χ0n) is 14.6. The van der Waals surface area contributed by atoms with Gasteiger partial charge in [-0.2, -0.15) is 0 Å². The molecule has 1 heterocycles. The average molecular weight is 378 g/mol. The van der Waals surface area contributed by atoms with Gasteiger partial charge in [0.15, 0.2) is 0 Å². The van der Waals surface area contributed by atoms with Gasteiger partial charge in [0, 0.05) is 37.5 Å². The summed E-state index contributed by atoms with van der Waals surface area (Å²) >= 11 is 1.49. The number of aryl methyl sites for hydroxylation is 1. The molecule has 0 saturated carbocycles. The van der Waals surface area contributed by atoms with E-state index in [1.54, 1.807) is 19.0 Å². The first-order chi connectivity index (χ1) is 12.3. The molecular weight excluding hydrogens is 358 g/mol. The van der Waals surface area contributed by atoms with Crippen LogP contribution in [-0.4, -0.2) is 30.8 Å². The molecule has 0 bridgehead atoms. The number of hydrogen-bond donors (Lipinski definition) is 1. The van der Waals surface area contributed by atoms with E-state index < -0.39 is 11.6 Å². The molecule has 0 unspecified atom stereocenters. The summed E-state index contributed by atoms with van der Waals surface area (Å²) in [5, 5.41) is 2.76. The van der Waals surface area contributed by atoms with Gasteiger partial charge in [-0.05, 0) is 48.6 Å². The molecule has 1 aliphatic rings. The molecule has 1 atom stereocenters. The van der Waals surface area contributed by atoms with Gasteiger partial charge in [-0.15, -0.1) is 11.3 Å². The Bertz CT molecular complexity index is 828. The molecule has 1 aromatic heterocycles. The Hall–Kier alpha value is -2.28. The fourth-order valence-corrected chi connectivity index (χ4v) is 4.35. The van der Waals surface area contributed by atoms with Crippen molar-refractivity contribution in [2.24, 2.45) is 5.92 Å². The first kappa shape index (κ1) is 18.5. The van der Waals surface area contributed by atoms with Crippen LogP contribution >= 0.6 is 11.3 Å². The topological polar surface area (TPSA) is 49.4 Å². The number of hydrogen-bond acceptors (Lipinski definition) is 3. The molecule has 2 amide bonds. The van der Waals surface area contributed by atoms with Crippen molar-refractivity contribution in [2.45, 2.75) is 25.8 Å². The third kappa shape index (κ3) is 4.09. The summed E-state index contributed by atoms with van der Waals surface area (Å²) in [4.78, 5) is 27.9. The molecule has 26 heavy (non-hydrogen) atoms. The van der Waals surface area contributed by atoms with E-state index in [2.05, 4.69) is 5.32 Å². The van der Waals surface area contributed by atoms with Gasteiger partial charge in [-0.25, -0.2) is 8.78 Å². The van der Waals surface area contributed by atoms with Gasteiger partial charge in [-0.1, -0.05) is 0 Å². The normalized spacial score (nSPS) is 16.1. The maximum Gasteiger partial charge on any atom is 0.263 e. The summed E-state index contributed by atoms with van der Waals surface area (Å²) in [7, 11) is 3.43. The van der Waals surface area contributed by atoms with E-state index in [-0.39, 0.29) is 24.3 Å². The second-order valence-corrected chi connectivity index (χ2v) is 7.83. The van der Waals surface area contributed by atoms with Gasteiger partial charge < -0.3 is 10.2 Å². The molecule has 1 aromatic carbocycles. The van der Waals surface area contributed by atoms with E-state index in [0.717, 1.165) is 22.9 Å². The Labute approximate surface area is 154 Å². The molecule has 3 rings (SSSR count). The number of carbonyl (C=O) groups excluding carboxylic acids is 2. The molecule has 4 nitrogen and oxygen atoms in total. The van der Waals surface area contributed by atoms with E-state index >= 15 is 0 Å². The molecule has 7 heteroatoms. The van der Waals surface area contributed by atoms with Crippen molar-refractivity contribution in [1.82, 2.24) is 10.2 Å². The van der Waals surface area contributed by atoms with E-state index in [0.29, 0.717) is 23.3 Å². The van der Waals surface area contributed by atoms with Crippen LogP contribution in [-0.2, 0) is 24.2 Å². The summed E-state index contributed by atoms with van der Waals surface area (Å²) in [6, 6.07) is 5.10. The van der Waals surface area contributed by atoms with E-state index in [1.165, 1.54) is 23.5 Å². The fourth-order valence-electron chi connectivity index (χ4n) is 3.12. The maximum atomic E-state index is 13.2. The highest BCUT2D eigenvalue weighted by molar-refractivity contribution is 7.14. The zero-order chi connectivity index (χ0) is 18.8. The van der Waals surface area contributed by atoms with Gasteiger partial charge in [-0.3, -0.25) is 9.59 Å². The van der Waals surface area contributed by atoms with Crippen LogP contribution in [0.4, 0.5) is 8.78 Å². The van der Waals surface area contributed by atoms with Crippen molar-refractivity contribution < 1.29 is 18.4 Å². The van der Waals surface area contributed by atoms with Crippen molar-refractivity contribution in [1.29, 1.82) is 0 Å². The van der Waals surface area contributed by atoms with Gasteiger partial charge in [0.05, 0.1) is 4.88 Å². The lowest BCUT2D eigenvalue weighted by Crippen LogP contribution is -2.33. The number of rotatable bonds is 4. The first-order valence-corrected chi connectivity index (χ1v) is 9.21. The van der Waals surface area contributed by atoms with E-state index in [4.69, 9.17) is 0 Å². The van der Waals surface area contributed by atoms with Crippen molar-refractivity contribution in [3.05, 3.63) is 56.8 Å². The Morgan fingerprint density at radius 2 is 1.88 bits per heavy atom. The van der Waals surface area contributed by atoms with Gasteiger partial charge >= 0.3 is 0 Å². The highest BCUT2D eigenvalue weighted by Crippen LogP contribution is 2.33. The number of nitrogens with zero attached hydrogens (tertiary/aromatic N) is 1. The largest absolute Gasteiger partial charge is 0.352 e. The molecule has 138 valence electrons. The SMILES string of the molecule is CN(C)C(=O)c1cc2c(s1)CC[C@H](C(=O)NCc1cc(F)cc(F)c1)C2. The Morgan fingerprint density at radius 3 is 2.54 bits per heavy atom.